The van der Waals surface area contributed by atoms with Crippen molar-refractivity contribution in [3.63, 3.8) is 0 Å². The minimum absolute atomic E-state index is 0.00352. The zero-order chi connectivity index (χ0) is 18.8. The van der Waals surface area contributed by atoms with Gasteiger partial charge in [0.2, 0.25) is 0 Å². The zero-order valence-corrected chi connectivity index (χ0v) is 14.9. The van der Waals surface area contributed by atoms with E-state index in [1.807, 2.05) is 20.8 Å². The van der Waals surface area contributed by atoms with Crippen LogP contribution in [0.25, 0.3) is 0 Å². The lowest BCUT2D eigenvalue weighted by Gasteiger charge is -2.32. The average molecular weight is 367 g/mol. The molecule has 0 radical (unpaired) electrons. The van der Waals surface area contributed by atoms with E-state index in [0.29, 0.717) is 17.0 Å². The lowest BCUT2D eigenvalue weighted by atomic mass is 9.81. The number of halogens is 2. The molecule has 0 aliphatic rings. The number of nitrogens with two attached hydrogens (primary N) is 1. The number of ether oxygens (including phenoxy) is 1. The molecule has 1 atom stereocenters. The number of nitrogen functional groups attached to an aromatic ring is 1. The number of amides is 1. The normalized spacial score (nSPS) is 12.5. The van der Waals surface area contributed by atoms with Gasteiger partial charge in [-0.2, -0.15) is 0 Å². The van der Waals surface area contributed by atoms with Gasteiger partial charge in [-0.15, -0.1) is 0 Å². The first-order chi connectivity index (χ1) is 11.6. The van der Waals surface area contributed by atoms with Gasteiger partial charge in [-0.25, -0.2) is 9.18 Å². The third-order valence-electron chi connectivity index (χ3n) is 3.63. The second-order valence-corrected chi connectivity index (χ2v) is 7.12. The van der Waals surface area contributed by atoms with Gasteiger partial charge in [-0.3, -0.25) is 0 Å². The molecule has 0 bridgehead atoms. The van der Waals surface area contributed by atoms with Crippen molar-refractivity contribution in [1.29, 1.82) is 0 Å². The molecule has 1 unspecified atom stereocenters. The van der Waals surface area contributed by atoms with Crippen molar-refractivity contribution in [2.45, 2.75) is 26.8 Å². The van der Waals surface area contributed by atoms with Gasteiger partial charge in [0, 0.05) is 17.3 Å². The van der Waals surface area contributed by atoms with Crippen LogP contribution < -0.4 is 15.8 Å². The molecule has 25 heavy (non-hydrogen) atoms. The molecule has 2 aromatic rings. The van der Waals surface area contributed by atoms with E-state index in [0.717, 1.165) is 0 Å². The first kappa shape index (κ1) is 18.9. The number of hydrogen-bond acceptors (Lipinski definition) is 3. The molecule has 2 aromatic carbocycles. The van der Waals surface area contributed by atoms with Crippen LogP contribution in [0.2, 0.25) is 5.02 Å². The number of carboxylic acid groups (broad SMARTS) is 1. The van der Waals surface area contributed by atoms with E-state index in [9.17, 15) is 9.18 Å². The lowest BCUT2D eigenvalue weighted by molar-refractivity contribution is 0.175. The van der Waals surface area contributed by atoms with Crippen molar-refractivity contribution in [1.82, 2.24) is 5.32 Å². The molecule has 1 amide bonds. The summed E-state index contributed by atoms with van der Waals surface area (Å²) < 4.78 is 19.2. The number of rotatable bonds is 4. The minimum Gasteiger partial charge on any atom is -0.465 e. The van der Waals surface area contributed by atoms with Gasteiger partial charge in [0.25, 0.3) is 0 Å². The summed E-state index contributed by atoms with van der Waals surface area (Å²) in [6, 6.07) is 8.47. The van der Waals surface area contributed by atoms with Crippen LogP contribution >= 0.6 is 11.6 Å². The summed E-state index contributed by atoms with van der Waals surface area (Å²) >= 11 is 5.66. The maximum Gasteiger partial charge on any atom is 0.405 e. The third-order valence-corrected chi connectivity index (χ3v) is 3.94. The van der Waals surface area contributed by atoms with Gasteiger partial charge < -0.3 is 20.9 Å². The van der Waals surface area contributed by atoms with Gasteiger partial charge in [-0.05, 0) is 35.7 Å². The predicted molar refractivity (Wildman–Crippen MR) is 95.7 cm³/mol. The Balaban J connectivity index is 2.38. The molecule has 2 rings (SSSR count). The molecule has 0 saturated heterocycles. The van der Waals surface area contributed by atoms with Crippen molar-refractivity contribution in [2.24, 2.45) is 5.41 Å². The fourth-order valence-electron chi connectivity index (χ4n) is 2.43. The fourth-order valence-corrected chi connectivity index (χ4v) is 2.54. The smallest absolute Gasteiger partial charge is 0.405 e. The lowest BCUT2D eigenvalue weighted by Crippen LogP contribution is -2.36. The Hall–Kier alpha value is -2.47. The van der Waals surface area contributed by atoms with Crippen molar-refractivity contribution in [3.8, 4) is 11.5 Å². The summed E-state index contributed by atoms with van der Waals surface area (Å²) in [5, 5.41) is 11.6. The van der Waals surface area contributed by atoms with Crippen LogP contribution in [0.4, 0.5) is 14.9 Å². The number of carbonyl (C=O) groups is 1. The highest BCUT2D eigenvalue weighted by Gasteiger charge is 2.29. The van der Waals surface area contributed by atoms with E-state index in [1.165, 1.54) is 18.2 Å². The maximum absolute atomic E-state index is 13.5. The van der Waals surface area contributed by atoms with E-state index in [4.69, 9.17) is 27.2 Å². The topological polar surface area (TPSA) is 84.6 Å². The highest BCUT2D eigenvalue weighted by molar-refractivity contribution is 6.30. The van der Waals surface area contributed by atoms with E-state index < -0.39 is 23.4 Å². The van der Waals surface area contributed by atoms with Crippen LogP contribution in [-0.2, 0) is 0 Å². The van der Waals surface area contributed by atoms with Gasteiger partial charge in [0.05, 0.1) is 11.1 Å². The molecule has 0 fully saturated rings. The van der Waals surface area contributed by atoms with Gasteiger partial charge >= 0.3 is 6.09 Å². The molecule has 0 heterocycles. The average Bonchev–Trinajstić information content (AvgIpc) is 2.49. The summed E-state index contributed by atoms with van der Waals surface area (Å²) in [7, 11) is 0. The SMILES string of the molecule is CC(C)(C)C(NC(=O)O)c1cc(Oc2ccc(Cl)c(F)c2)ccc1N. The van der Waals surface area contributed by atoms with Crippen molar-refractivity contribution >= 4 is 23.4 Å². The number of nitrogens with one attached hydrogen (secondary N) is 1. The van der Waals surface area contributed by atoms with Crippen LogP contribution in [0.5, 0.6) is 11.5 Å². The highest BCUT2D eigenvalue weighted by Crippen LogP contribution is 2.38. The van der Waals surface area contributed by atoms with Gasteiger partial charge in [0.15, 0.2) is 0 Å². The second kappa shape index (κ2) is 7.19. The van der Waals surface area contributed by atoms with Crippen molar-refractivity contribution in [3.05, 3.63) is 52.8 Å². The Morgan fingerprint density at radius 1 is 1.24 bits per heavy atom. The summed E-state index contributed by atoms with van der Waals surface area (Å²) in [5.41, 5.74) is 6.63. The van der Waals surface area contributed by atoms with Crippen LogP contribution in [0, 0.1) is 11.2 Å². The van der Waals surface area contributed by atoms with Gasteiger partial charge in [-0.1, -0.05) is 32.4 Å². The third kappa shape index (κ3) is 4.76. The molecule has 0 saturated carbocycles. The Morgan fingerprint density at radius 2 is 1.84 bits per heavy atom. The number of benzene rings is 2. The maximum atomic E-state index is 13.5. The highest BCUT2D eigenvalue weighted by atomic mass is 35.5. The Bertz CT molecular complexity index is 790. The molecule has 7 heteroatoms. The molecule has 0 aliphatic carbocycles. The predicted octanol–water partition coefficient (Wildman–Crippen LogP) is 5.21. The van der Waals surface area contributed by atoms with Crippen molar-refractivity contribution in [2.75, 3.05) is 5.73 Å². The molecule has 134 valence electrons. The Morgan fingerprint density at radius 3 is 2.40 bits per heavy atom. The molecular weight excluding hydrogens is 347 g/mol. The molecule has 4 N–H and O–H groups in total. The van der Waals surface area contributed by atoms with E-state index in [-0.39, 0.29) is 10.8 Å². The van der Waals surface area contributed by atoms with Crippen LogP contribution in [0.3, 0.4) is 0 Å². The molecule has 0 aliphatic heterocycles. The molecule has 0 spiro atoms. The fraction of sp³-hybridized carbons (Fsp3) is 0.278. The summed E-state index contributed by atoms with van der Waals surface area (Å²) in [6.07, 6.45) is -1.15. The van der Waals surface area contributed by atoms with Crippen LogP contribution in [-0.4, -0.2) is 11.2 Å². The van der Waals surface area contributed by atoms with Crippen molar-refractivity contribution < 1.29 is 19.0 Å². The summed E-state index contributed by atoms with van der Waals surface area (Å²) in [4.78, 5) is 11.1. The van der Waals surface area contributed by atoms with Crippen LogP contribution in [0.15, 0.2) is 36.4 Å². The first-order valence-corrected chi connectivity index (χ1v) is 7.97. The van der Waals surface area contributed by atoms with Gasteiger partial charge in [0.1, 0.15) is 17.3 Å². The second-order valence-electron chi connectivity index (χ2n) is 6.72. The monoisotopic (exact) mass is 366 g/mol. The number of anilines is 1. The molecule has 5 nitrogen and oxygen atoms in total. The minimum atomic E-state index is -1.15. The molecular formula is C18H20ClFN2O3. The van der Waals surface area contributed by atoms with E-state index >= 15 is 0 Å². The number of hydrogen-bond donors (Lipinski definition) is 3. The quantitative estimate of drug-likeness (QED) is 0.648. The largest absolute Gasteiger partial charge is 0.465 e. The Labute approximate surface area is 150 Å². The van der Waals surface area contributed by atoms with E-state index in [2.05, 4.69) is 5.32 Å². The van der Waals surface area contributed by atoms with Crippen LogP contribution in [0.1, 0.15) is 32.4 Å². The zero-order valence-electron chi connectivity index (χ0n) is 14.1. The summed E-state index contributed by atoms with van der Waals surface area (Å²) in [6.45, 7) is 5.69. The summed E-state index contributed by atoms with van der Waals surface area (Å²) in [5.74, 6) is 0.0958. The standard InChI is InChI=1S/C18H20ClFN2O3/c1-18(2,3)16(22-17(23)24)12-8-10(5-7-15(12)21)25-11-4-6-13(19)14(20)9-11/h4-9,16,22H,21H2,1-3H3,(H,23,24). The first-order valence-electron chi connectivity index (χ1n) is 7.59. The molecule has 0 aromatic heterocycles. The van der Waals surface area contributed by atoms with E-state index in [1.54, 1.807) is 18.2 Å². The Kier molecular flexibility index (Phi) is 5.42.